The normalized spacial score (nSPS) is 17.3. The molecule has 6 nitrogen and oxygen atoms in total. The molecule has 0 radical (unpaired) electrons. The predicted octanol–water partition coefficient (Wildman–Crippen LogP) is 2.42. The number of anilines is 1. The maximum Gasteiger partial charge on any atom is 0.226 e. The molecule has 2 aromatic rings. The van der Waals surface area contributed by atoms with Crippen molar-refractivity contribution in [1.82, 2.24) is 14.8 Å². The van der Waals surface area contributed by atoms with Crippen molar-refractivity contribution in [3.8, 4) is 5.88 Å². The average molecular weight is 300 g/mol. The molecule has 0 fully saturated rings. The van der Waals surface area contributed by atoms with Crippen LogP contribution < -0.4 is 10.1 Å². The van der Waals surface area contributed by atoms with Gasteiger partial charge in [-0.05, 0) is 12.0 Å². The van der Waals surface area contributed by atoms with Crippen molar-refractivity contribution in [2.75, 3.05) is 12.4 Å². The smallest absolute Gasteiger partial charge is 0.226 e. The number of carbonyl (C=O) groups is 1. The zero-order valence-corrected chi connectivity index (χ0v) is 13.3. The average Bonchev–Trinajstić information content (AvgIpc) is 2.84. The number of fused-ring (bicyclic) bond motifs is 1. The summed E-state index contributed by atoms with van der Waals surface area (Å²) in [5, 5.41) is 7.52. The third-order valence-corrected chi connectivity index (χ3v) is 3.97. The maximum atomic E-state index is 12.1. The Balaban J connectivity index is 2.16. The fourth-order valence-corrected chi connectivity index (χ4v) is 2.94. The van der Waals surface area contributed by atoms with Gasteiger partial charge in [0.15, 0.2) is 0 Å². The number of hydrogen-bond donors (Lipinski definition) is 1. The van der Waals surface area contributed by atoms with Crippen LogP contribution in [0.1, 0.15) is 49.1 Å². The monoisotopic (exact) mass is 300 g/mol. The second-order valence-corrected chi connectivity index (χ2v) is 5.84. The van der Waals surface area contributed by atoms with E-state index in [1.807, 2.05) is 19.2 Å². The van der Waals surface area contributed by atoms with E-state index in [9.17, 15) is 4.79 Å². The highest BCUT2D eigenvalue weighted by Crippen LogP contribution is 2.40. The molecule has 0 spiro atoms. The topological polar surface area (TPSA) is 69.0 Å². The summed E-state index contributed by atoms with van der Waals surface area (Å²) < 4.78 is 6.96. The fraction of sp³-hybridized carbons (Fsp3) is 0.438. The summed E-state index contributed by atoms with van der Waals surface area (Å²) in [6.45, 7) is 4.21. The molecular formula is C16H20N4O2. The molecule has 3 rings (SSSR count). The minimum Gasteiger partial charge on any atom is -0.481 e. The van der Waals surface area contributed by atoms with Gasteiger partial charge in [-0.3, -0.25) is 9.48 Å². The summed E-state index contributed by atoms with van der Waals surface area (Å²) in [4.78, 5) is 16.6. The molecule has 0 aliphatic carbocycles. The van der Waals surface area contributed by atoms with Crippen molar-refractivity contribution in [3.63, 3.8) is 0 Å². The molecule has 0 saturated heterocycles. The van der Waals surface area contributed by atoms with Crippen molar-refractivity contribution in [2.24, 2.45) is 7.05 Å². The Morgan fingerprint density at radius 1 is 1.41 bits per heavy atom. The van der Waals surface area contributed by atoms with E-state index in [1.165, 1.54) is 0 Å². The highest BCUT2D eigenvalue weighted by molar-refractivity contribution is 5.94. The highest BCUT2D eigenvalue weighted by atomic mass is 16.5. The van der Waals surface area contributed by atoms with Crippen molar-refractivity contribution < 1.29 is 9.53 Å². The Morgan fingerprint density at radius 3 is 2.86 bits per heavy atom. The number of nitrogens with zero attached hydrogens (tertiary/aromatic N) is 3. The van der Waals surface area contributed by atoms with E-state index in [4.69, 9.17) is 4.74 Å². The number of hydrogen-bond acceptors (Lipinski definition) is 4. The molecule has 1 amide bonds. The zero-order chi connectivity index (χ0) is 15.9. The van der Waals surface area contributed by atoms with Crippen LogP contribution in [0, 0.1) is 0 Å². The first-order valence-electron chi connectivity index (χ1n) is 7.38. The zero-order valence-electron chi connectivity index (χ0n) is 13.3. The molecule has 1 aliphatic rings. The van der Waals surface area contributed by atoms with Crippen LogP contribution in [0.15, 0.2) is 18.2 Å². The van der Waals surface area contributed by atoms with Crippen molar-refractivity contribution in [2.45, 2.75) is 32.1 Å². The number of rotatable bonds is 3. The second kappa shape index (κ2) is 5.44. The van der Waals surface area contributed by atoms with Gasteiger partial charge in [0.1, 0.15) is 5.82 Å². The molecule has 116 valence electrons. The Morgan fingerprint density at radius 2 is 2.18 bits per heavy atom. The van der Waals surface area contributed by atoms with Crippen molar-refractivity contribution >= 4 is 11.7 Å². The van der Waals surface area contributed by atoms with Crippen molar-refractivity contribution in [3.05, 3.63) is 35.2 Å². The molecule has 22 heavy (non-hydrogen) atoms. The van der Waals surface area contributed by atoms with Crippen LogP contribution >= 0.6 is 0 Å². The van der Waals surface area contributed by atoms with Gasteiger partial charge in [0.05, 0.1) is 18.5 Å². The van der Waals surface area contributed by atoms with E-state index in [-0.39, 0.29) is 17.7 Å². The minimum atomic E-state index is -0.0926. The van der Waals surface area contributed by atoms with Gasteiger partial charge in [0.2, 0.25) is 11.8 Å². The quantitative estimate of drug-likeness (QED) is 0.945. The van der Waals surface area contributed by atoms with Crippen LogP contribution in [-0.4, -0.2) is 27.8 Å². The Labute approximate surface area is 129 Å². The van der Waals surface area contributed by atoms with E-state index in [1.54, 1.807) is 17.9 Å². The SMILES string of the molecule is COc1cccc(C2CC(=O)Nc3c2c(C(C)C)nn3C)n1. The summed E-state index contributed by atoms with van der Waals surface area (Å²) in [7, 11) is 3.45. The Bertz CT molecular complexity index is 721. The first kappa shape index (κ1) is 14.6. The largest absolute Gasteiger partial charge is 0.481 e. The Kier molecular flexibility index (Phi) is 3.60. The maximum absolute atomic E-state index is 12.1. The lowest BCUT2D eigenvalue weighted by atomic mass is 9.86. The summed E-state index contributed by atoms with van der Waals surface area (Å²) in [6.07, 6.45) is 0.374. The summed E-state index contributed by atoms with van der Waals surface area (Å²) in [6, 6.07) is 5.64. The van der Waals surface area contributed by atoms with Gasteiger partial charge in [-0.25, -0.2) is 4.98 Å². The number of aromatic nitrogens is 3. The molecular weight excluding hydrogens is 280 g/mol. The van der Waals surface area contributed by atoms with Crippen LogP contribution in [-0.2, 0) is 11.8 Å². The van der Waals surface area contributed by atoms with Gasteiger partial charge in [0.25, 0.3) is 0 Å². The lowest BCUT2D eigenvalue weighted by molar-refractivity contribution is -0.116. The number of carbonyl (C=O) groups excluding carboxylic acids is 1. The van der Waals surface area contributed by atoms with E-state index in [0.29, 0.717) is 12.3 Å². The van der Waals surface area contributed by atoms with Crippen LogP contribution in [0.4, 0.5) is 5.82 Å². The van der Waals surface area contributed by atoms with Crippen molar-refractivity contribution in [1.29, 1.82) is 0 Å². The van der Waals surface area contributed by atoms with Gasteiger partial charge in [0, 0.05) is 31.0 Å². The number of aryl methyl sites for hydroxylation is 1. The molecule has 3 heterocycles. The number of amides is 1. The lowest BCUT2D eigenvalue weighted by Crippen LogP contribution is -2.25. The molecule has 0 saturated carbocycles. The van der Waals surface area contributed by atoms with Gasteiger partial charge in [-0.1, -0.05) is 19.9 Å². The van der Waals surface area contributed by atoms with Gasteiger partial charge in [-0.2, -0.15) is 5.10 Å². The number of nitrogens with one attached hydrogen (secondary N) is 1. The van der Waals surface area contributed by atoms with Crippen LogP contribution in [0.3, 0.4) is 0 Å². The summed E-state index contributed by atoms with van der Waals surface area (Å²) in [5.41, 5.74) is 2.91. The molecule has 2 aromatic heterocycles. The third kappa shape index (κ3) is 2.34. The van der Waals surface area contributed by atoms with Gasteiger partial charge in [-0.15, -0.1) is 0 Å². The van der Waals surface area contributed by atoms with E-state index < -0.39 is 0 Å². The van der Waals surface area contributed by atoms with Crippen LogP contribution in [0.5, 0.6) is 5.88 Å². The van der Waals surface area contributed by atoms with Gasteiger partial charge < -0.3 is 10.1 Å². The van der Waals surface area contributed by atoms with Crippen LogP contribution in [0.2, 0.25) is 0 Å². The van der Waals surface area contributed by atoms with Gasteiger partial charge >= 0.3 is 0 Å². The molecule has 1 unspecified atom stereocenters. The van der Waals surface area contributed by atoms with Crippen LogP contribution in [0.25, 0.3) is 0 Å². The molecule has 6 heteroatoms. The number of ether oxygens (including phenoxy) is 1. The van der Waals surface area contributed by atoms with E-state index >= 15 is 0 Å². The standard InChI is InChI=1S/C16H20N4O2/c1-9(2)15-14-10(11-6-5-7-13(17-11)22-4)8-12(21)18-16(14)20(3)19-15/h5-7,9-10H,8H2,1-4H3,(H,18,21). The number of pyridine rings is 1. The lowest BCUT2D eigenvalue weighted by Gasteiger charge is -2.24. The third-order valence-electron chi connectivity index (χ3n) is 3.97. The first-order valence-corrected chi connectivity index (χ1v) is 7.38. The molecule has 1 N–H and O–H groups in total. The fourth-order valence-electron chi connectivity index (χ4n) is 2.94. The molecule has 0 aromatic carbocycles. The second-order valence-electron chi connectivity index (χ2n) is 5.84. The molecule has 1 atom stereocenters. The molecule has 1 aliphatic heterocycles. The van der Waals surface area contributed by atoms with E-state index in [2.05, 4.69) is 29.2 Å². The first-order chi connectivity index (χ1) is 10.5. The highest BCUT2D eigenvalue weighted by Gasteiger charge is 2.34. The molecule has 0 bridgehead atoms. The minimum absolute atomic E-state index is 0.0135. The predicted molar refractivity (Wildman–Crippen MR) is 83.2 cm³/mol. The number of methoxy groups -OCH3 is 1. The summed E-state index contributed by atoms with van der Waals surface area (Å²) in [5.74, 6) is 1.50. The Hall–Kier alpha value is -2.37. The summed E-state index contributed by atoms with van der Waals surface area (Å²) >= 11 is 0. The van der Waals surface area contributed by atoms with E-state index in [0.717, 1.165) is 22.8 Å².